The molecule has 0 N–H and O–H groups in total. The Bertz CT molecular complexity index is 682. The van der Waals surface area contributed by atoms with Crippen LogP contribution in [0.5, 0.6) is 0 Å². The third-order valence-corrected chi connectivity index (χ3v) is 6.28. The lowest BCUT2D eigenvalue weighted by atomic mass is 9.97. The predicted molar refractivity (Wildman–Crippen MR) is 152 cm³/mol. The van der Waals surface area contributed by atoms with Crippen LogP contribution in [0.15, 0.2) is 47.0 Å². The zero-order valence-corrected chi connectivity index (χ0v) is 24.6. The molecule has 0 aliphatic heterocycles. The van der Waals surface area contributed by atoms with Crippen molar-refractivity contribution in [3.63, 3.8) is 0 Å². The lowest BCUT2D eigenvalue weighted by Gasteiger charge is -2.10. The summed E-state index contributed by atoms with van der Waals surface area (Å²) in [5.41, 5.74) is 4.86. The van der Waals surface area contributed by atoms with Gasteiger partial charge in [0.25, 0.3) is 0 Å². The van der Waals surface area contributed by atoms with Crippen molar-refractivity contribution in [1.82, 2.24) is 0 Å². The Balaban J connectivity index is 4.02. The van der Waals surface area contributed by atoms with Crippen molar-refractivity contribution in [3.8, 4) is 0 Å². The van der Waals surface area contributed by atoms with Crippen LogP contribution in [0.4, 0.5) is 0 Å². The number of rotatable bonds is 19. The Kier molecular flexibility index (Phi) is 19.8. The Morgan fingerprint density at radius 3 is 1.28 bits per heavy atom. The maximum atomic E-state index is 12.0. The Labute approximate surface area is 222 Å². The van der Waals surface area contributed by atoms with Crippen LogP contribution in [0, 0.1) is 11.8 Å². The molecule has 0 amide bonds. The molecule has 4 nitrogen and oxygen atoms in total. The van der Waals surface area contributed by atoms with Gasteiger partial charge in [0.1, 0.15) is 0 Å². The van der Waals surface area contributed by atoms with Gasteiger partial charge in [-0.25, -0.2) is 0 Å². The van der Waals surface area contributed by atoms with Crippen molar-refractivity contribution in [2.75, 3.05) is 0 Å². The molecule has 2 unspecified atom stereocenters. The summed E-state index contributed by atoms with van der Waals surface area (Å²) in [7, 11) is 0. The molecule has 0 saturated heterocycles. The number of hydrogen-bond donors (Lipinski definition) is 0. The second-order valence-corrected chi connectivity index (χ2v) is 11.1. The van der Waals surface area contributed by atoms with Crippen molar-refractivity contribution in [1.29, 1.82) is 0 Å². The molecule has 2 atom stereocenters. The van der Waals surface area contributed by atoms with Crippen LogP contribution in [0.1, 0.15) is 132 Å². The molecule has 0 aromatic heterocycles. The standard InChI is InChI=1S/C32H54O4/c1-25(2)13-9-15-27(5)17-11-19-29(7)23-35-31(33)21-22-32(34)36-24-30(8)20-12-18-28(6)16-10-14-26(3)4/h13-14,23-24,27-28H,9-12,15-22H2,1-8H3/b29-23+,30-24+. The van der Waals surface area contributed by atoms with E-state index in [2.05, 4.69) is 53.7 Å². The van der Waals surface area contributed by atoms with Gasteiger partial charge in [0.05, 0.1) is 25.4 Å². The fourth-order valence-corrected chi connectivity index (χ4v) is 3.83. The highest BCUT2D eigenvalue weighted by atomic mass is 16.5. The molecule has 4 heteroatoms. The first-order valence-corrected chi connectivity index (χ1v) is 14.0. The van der Waals surface area contributed by atoms with Gasteiger partial charge in [0.2, 0.25) is 0 Å². The molecule has 0 aromatic carbocycles. The summed E-state index contributed by atoms with van der Waals surface area (Å²) < 4.78 is 10.4. The fraction of sp³-hybridized carbons (Fsp3) is 0.688. The maximum Gasteiger partial charge on any atom is 0.311 e. The second kappa shape index (κ2) is 21.0. The SMILES string of the molecule is CC(C)=CCCC(C)CCC/C(C)=C/OC(=O)CCC(=O)O/C=C(\C)CCCC(C)CCC=C(C)C. The lowest BCUT2D eigenvalue weighted by molar-refractivity contribution is -0.144. The fourth-order valence-electron chi connectivity index (χ4n) is 3.83. The quantitative estimate of drug-likeness (QED) is 0.100. The van der Waals surface area contributed by atoms with E-state index in [0.717, 1.165) is 49.7 Å². The van der Waals surface area contributed by atoms with Gasteiger partial charge in [-0.3, -0.25) is 9.59 Å². The minimum absolute atomic E-state index is 0.0279. The summed E-state index contributed by atoms with van der Waals surface area (Å²) in [5.74, 6) is 0.593. The van der Waals surface area contributed by atoms with Crippen molar-refractivity contribution in [3.05, 3.63) is 47.0 Å². The molecule has 0 saturated carbocycles. The molecular weight excluding hydrogens is 448 g/mol. The van der Waals surface area contributed by atoms with Gasteiger partial charge in [-0.05, 0) is 116 Å². The topological polar surface area (TPSA) is 52.6 Å². The number of hydrogen-bond acceptors (Lipinski definition) is 4. The van der Waals surface area contributed by atoms with Crippen LogP contribution in [0.25, 0.3) is 0 Å². The highest BCUT2D eigenvalue weighted by Crippen LogP contribution is 2.18. The van der Waals surface area contributed by atoms with E-state index >= 15 is 0 Å². The van der Waals surface area contributed by atoms with Crippen LogP contribution in [-0.4, -0.2) is 11.9 Å². The number of esters is 2. The molecular formula is C32H54O4. The average Bonchev–Trinajstić information content (AvgIpc) is 2.79. The van der Waals surface area contributed by atoms with E-state index in [-0.39, 0.29) is 12.8 Å². The molecule has 0 spiro atoms. The molecule has 0 radical (unpaired) electrons. The number of carbonyl (C=O) groups excluding carboxylic acids is 2. The monoisotopic (exact) mass is 502 g/mol. The van der Waals surface area contributed by atoms with Crippen molar-refractivity contribution >= 4 is 11.9 Å². The molecule has 0 heterocycles. The zero-order valence-electron chi connectivity index (χ0n) is 24.6. The number of ether oxygens (including phenoxy) is 2. The van der Waals surface area contributed by atoms with Crippen LogP contribution in [-0.2, 0) is 19.1 Å². The van der Waals surface area contributed by atoms with Gasteiger partial charge in [0, 0.05) is 0 Å². The van der Waals surface area contributed by atoms with Crippen molar-refractivity contribution < 1.29 is 19.1 Å². The van der Waals surface area contributed by atoms with E-state index in [4.69, 9.17) is 9.47 Å². The van der Waals surface area contributed by atoms with Crippen LogP contribution >= 0.6 is 0 Å². The van der Waals surface area contributed by atoms with Crippen LogP contribution in [0.3, 0.4) is 0 Å². The molecule has 0 bridgehead atoms. The van der Waals surface area contributed by atoms with E-state index in [1.807, 2.05) is 13.8 Å². The molecule has 0 fully saturated rings. The predicted octanol–water partition coefficient (Wildman–Crippen LogP) is 9.77. The van der Waals surface area contributed by atoms with Gasteiger partial charge in [0.15, 0.2) is 0 Å². The third kappa shape index (κ3) is 22.4. The molecule has 0 aromatic rings. The van der Waals surface area contributed by atoms with Gasteiger partial charge in [-0.1, -0.05) is 50.0 Å². The van der Waals surface area contributed by atoms with Gasteiger partial charge in [-0.2, -0.15) is 0 Å². The Hall–Kier alpha value is -2.10. The summed E-state index contributed by atoms with van der Waals surface area (Å²) in [4.78, 5) is 23.9. The van der Waals surface area contributed by atoms with E-state index in [1.165, 1.54) is 49.4 Å². The highest BCUT2D eigenvalue weighted by molar-refractivity contribution is 5.78. The summed E-state index contributed by atoms with van der Waals surface area (Å²) in [6.45, 7) is 17.1. The van der Waals surface area contributed by atoms with Crippen LogP contribution < -0.4 is 0 Å². The summed E-state index contributed by atoms with van der Waals surface area (Å²) in [6, 6.07) is 0. The van der Waals surface area contributed by atoms with Crippen molar-refractivity contribution in [2.45, 2.75) is 132 Å². The normalized spacial score (nSPS) is 13.6. The first-order chi connectivity index (χ1) is 17.0. The maximum absolute atomic E-state index is 12.0. The number of allylic oxidation sites excluding steroid dienone is 6. The molecule has 0 aliphatic rings. The van der Waals surface area contributed by atoms with Gasteiger partial charge < -0.3 is 9.47 Å². The Morgan fingerprint density at radius 1 is 0.583 bits per heavy atom. The first kappa shape index (κ1) is 33.9. The van der Waals surface area contributed by atoms with E-state index < -0.39 is 11.9 Å². The van der Waals surface area contributed by atoms with E-state index in [1.54, 1.807) is 0 Å². The lowest BCUT2D eigenvalue weighted by Crippen LogP contribution is -2.06. The largest absolute Gasteiger partial charge is 0.435 e. The summed E-state index contributed by atoms with van der Waals surface area (Å²) in [6.07, 6.45) is 18.8. The molecule has 0 rings (SSSR count). The molecule has 0 aliphatic carbocycles. The molecule has 206 valence electrons. The molecule has 36 heavy (non-hydrogen) atoms. The van der Waals surface area contributed by atoms with Gasteiger partial charge >= 0.3 is 11.9 Å². The van der Waals surface area contributed by atoms with Gasteiger partial charge in [-0.15, -0.1) is 0 Å². The minimum Gasteiger partial charge on any atom is -0.435 e. The van der Waals surface area contributed by atoms with E-state index in [0.29, 0.717) is 11.8 Å². The van der Waals surface area contributed by atoms with Crippen molar-refractivity contribution in [2.24, 2.45) is 11.8 Å². The average molecular weight is 503 g/mol. The highest BCUT2D eigenvalue weighted by Gasteiger charge is 2.09. The number of carbonyl (C=O) groups is 2. The minimum atomic E-state index is -0.399. The summed E-state index contributed by atoms with van der Waals surface area (Å²) >= 11 is 0. The third-order valence-electron chi connectivity index (χ3n) is 6.28. The first-order valence-electron chi connectivity index (χ1n) is 14.0. The Morgan fingerprint density at radius 2 is 0.944 bits per heavy atom. The van der Waals surface area contributed by atoms with Crippen LogP contribution in [0.2, 0.25) is 0 Å². The van der Waals surface area contributed by atoms with E-state index in [9.17, 15) is 9.59 Å². The smallest absolute Gasteiger partial charge is 0.311 e. The summed E-state index contributed by atoms with van der Waals surface area (Å²) in [5, 5.41) is 0. The zero-order chi connectivity index (χ0) is 27.3. The second-order valence-electron chi connectivity index (χ2n) is 11.1.